The molecule has 4 rings (SSSR count). The Morgan fingerprint density at radius 1 is 0.607 bits per heavy atom. The zero-order valence-electron chi connectivity index (χ0n) is 15.8. The van der Waals surface area contributed by atoms with Crippen molar-refractivity contribution in [2.24, 2.45) is 11.8 Å². The molecule has 0 fully saturated rings. The van der Waals surface area contributed by atoms with Crippen molar-refractivity contribution in [3.8, 4) is 0 Å². The lowest BCUT2D eigenvalue weighted by Gasteiger charge is -2.18. The molecule has 0 bridgehead atoms. The molecule has 2 aliphatic rings. The van der Waals surface area contributed by atoms with E-state index in [4.69, 9.17) is 0 Å². The highest BCUT2D eigenvalue weighted by Gasteiger charge is 2.45. The summed E-state index contributed by atoms with van der Waals surface area (Å²) >= 11 is 0. The third-order valence-corrected chi connectivity index (χ3v) is 9.61. The third-order valence-electron chi connectivity index (χ3n) is 5.65. The summed E-state index contributed by atoms with van der Waals surface area (Å²) in [5, 5.41) is 0. The van der Waals surface area contributed by atoms with Gasteiger partial charge in [-0.1, -0.05) is 47.5 Å². The third kappa shape index (κ3) is 3.05. The lowest BCUT2D eigenvalue weighted by molar-refractivity contribution is 0.519. The van der Waals surface area contributed by atoms with E-state index in [2.05, 4.69) is 0 Å². The molecule has 2 aromatic carbocycles. The van der Waals surface area contributed by atoms with Gasteiger partial charge in [-0.3, -0.25) is 0 Å². The van der Waals surface area contributed by atoms with Gasteiger partial charge in [-0.05, 0) is 51.0 Å². The first-order valence-corrected chi connectivity index (χ1v) is 12.2. The minimum atomic E-state index is -3.62. The maximum atomic E-state index is 13.1. The van der Waals surface area contributed by atoms with Crippen LogP contribution in [-0.4, -0.2) is 16.8 Å². The Morgan fingerprint density at radius 3 is 1.25 bits per heavy atom. The molecule has 2 aromatic rings. The highest BCUT2D eigenvalue weighted by atomic mass is 32.2. The summed E-state index contributed by atoms with van der Waals surface area (Å²) in [6.07, 6.45) is 4.29. The monoisotopic (exact) mass is 414 g/mol. The fraction of sp³-hybridized carbons (Fsp3) is 0.273. The molecule has 0 N–H and O–H groups in total. The zero-order chi connectivity index (χ0) is 20.1. The van der Waals surface area contributed by atoms with Crippen molar-refractivity contribution >= 4 is 19.7 Å². The Balaban J connectivity index is 1.63. The molecular formula is C22H22O4S2. The number of sulfone groups is 2. The van der Waals surface area contributed by atoms with E-state index in [1.807, 2.05) is 13.8 Å². The van der Waals surface area contributed by atoms with E-state index in [-0.39, 0.29) is 21.6 Å². The molecule has 0 saturated heterocycles. The molecule has 0 amide bonds. The summed E-state index contributed by atoms with van der Waals surface area (Å²) in [5.41, 5.74) is 1.98. The van der Waals surface area contributed by atoms with Gasteiger partial charge in [-0.25, -0.2) is 16.8 Å². The van der Waals surface area contributed by atoms with Crippen LogP contribution in [0.5, 0.6) is 0 Å². The Labute approximate surface area is 166 Å². The van der Waals surface area contributed by atoms with Crippen LogP contribution in [0.3, 0.4) is 0 Å². The molecule has 146 valence electrons. The van der Waals surface area contributed by atoms with Crippen molar-refractivity contribution in [2.75, 3.05) is 0 Å². The van der Waals surface area contributed by atoms with Crippen molar-refractivity contribution in [1.82, 2.24) is 0 Å². The van der Waals surface area contributed by atoms with Crippen LogP contribution in [0.1, 0.15) is 24.0 Å². The number of benzene rings is 2. The smallest absolute Gasteiger partial charge is 0.202 e. The molecular weight excluding hydrogens is 392 g/mol. The van der Waals surface area contributed by atoms with E-state index in [0.29, 0.717) is 22.7 Å². The number of hydrogen-bond donors (Lipinski definition) is 0. The second-order valence-electron chi connectivity index (χ2n) is 7.53. The second kappa shape index (κ2) is 6.71. The predicted octanol–water partition coefficient (Wildman–Crippen LogP) is 4.36. The average Bonchev–Trinajstić information content (AvgIpc) is 3.24. The van der Waals surface area contributed by atoms with Gasteiger partial charge < -0.3 is 0 Å². The fourth-order valence-electron chi connectivity index (χ4n) is 4.07. The predicted molar refractivity (Wildman–Crippen MR) is 109 cm³/mol. The molecule has 0 radical (unpaired) electrons. The molecule has 0 heterocycles. The summed E-state index contributed by atoms with van der Waals surface area (Å²) in [6, 6.07) is 13.6. The number of aryl methyl sites for hydroxylation is 2. The number of rotatable bonds is 4. The Bertz CT molecular complexity index is 1090. The van der Waals surface area contributed by atoms with E-state index >= 15 is 0 Å². The lowest BCUT2D eigenvalue weighted by Crippen LogP contribution is -2.17. The topological polar surface area (TPSA) is 68.3 Å². The van der Waals surface area contributed by atoms with Gasteiger partial charge in [0.1, 0.15) is 0 Å². The van der Waals surface area contributed by atoms with Crippen molar-refractivity contribution in [3.05, 3.63) is 81.6 Å². The van der Waals surface area contributed by atoms with Gasteiger partial charge in [0.25, 0.3) is 0 Å². The molecule has 2 unspecified atom stereocenters. The fourth-order valence-corrected chi connectivity index (χ4v) is 7.55. The second-order valence-corrected chi connectivity index (χ2v) is 11.4. The molecule has 2 aliphatic carbocycles. The van der Waals surface area contributed by atoms with Crippen LogP contribution in [-0.2, 0) is 19.7 Å². The first-order valence-electron chi connectivity index (χ1n) is 9.25. The van der Waals surface area contributed by atoms with Crippen LogP contribution in [0, 0.1) is 25.7 Å². The van der Waals surface area contributed by atoms with Crippen molar-refractivity contribution in [3.63, 3.8) is 0 Å². The summed E-state index contributed by atoms with van der Waals surface area (Å²) < 4.78 is 52.4. The van der Waals surface area contributed by atoms with Crippen molar-refractivity contribution in [1.29, 1.82) is 0 Å². The summed E-state index contributed by atoms with van der Waals surface area (Å²) in [5.74, 6) is -0.608. The van der Waals surface area contributed by atoms with Gasteiger partial charge in [0.05, 0.1) is 9.79 Å². The molecule has 4 nitrogen and oxygen atoms in total. The van der Waals surface area contributed by atoms with Gasteiger partial charge in [0, 0.05) is 21.6 Å². The van der Waals surface area contributed by atoms with E-state index in [1.54, 1.807) is 60.7 Å². The van der Waals surface area contributed by atoms with Crippen LogP contribution in [0.4, 0.5) is 0 Å². The number of fused-ring (bicyclic) bond motifs is 1. The first-order chi connectivity index (χ1) is 13.2. The van der Waals surface area contributed by atoms with E-state index in [1.165, 1.54) is 0 Å². The number of hydrogen-bond acceptors (Lipinski definition) is 4. The molecule has 0 aliphatic heterocycles. The molecule has 28 heavy (non-hydrogen) atoms. The zero-order valence-corrected chi connectivity index (χ0v) is 17.4. The van der Waals surface area contributed by atoms with Crippen molar-refractivity contribution < 1.29 is 16.8 Å². The van der Waals surface area contributed by atoms with Crippen LogP contribution in [0.15, 0.2) is 80.3 Å². The molecule has 0 saturated carbocycles. The molecule has 0 aromatic heterocycles. The highest BCUT2D eigenvalue weighted by Crippen LogP contribution is 2.50. The largest absolute Gasteiger partial charge is 0.219 e. The maximum absolute atomic E-state index is 13.1. The van der Waals surface area contributed by atoms with Crippen molar-refractivity contribution in [2.45, 2.75) is 36.5 Å². The Kier molecular flexibility index (Phi) is 4.59. The molecule has 2 atom stereocenters. The summed E-state index contributed by atoms with van der Waals surface area (Å²) in [4.78, 5) is 1.23. The SMILES string of the molecule is Cc1ccc(S(=O)(=O)C2=CCC3C(S(=O)(=O)c4ccc(C)cc4)=CCC23)cc1. The highest BCUT2D eigenvalue weighted by molar-refractivity contribution is 7.95. The van der Waals surface area contributed by atoms with Gasteiger partial charge >= 0.3 is 0 Å². The van der Waals surface area contributed by atoms with Crippen LogP contribution in [0.2, 0.25) is 0 Å². The Hall–Kier alpha value is -2.18. The van der Waals surface area contributed by atoms with E-state index in [0.717, 1.165) is 11.1 Å². The summed E-state index contributed by atoms with van der Waals surface area (Å²) in [7, 11) is -7.23. The number of allylic oxidation sites excluding steroid dienone is 4. The first kappa shape index (κ1) is 19.2. The molecule has 6 heteroatoms. The van der Waals surface area contributed by atoms with Crippen LogP contribution >= 0.6 is 0 Å². The summed E-state index contributed by atoms with van der Waals surface area (Å²) in [6.45, 7) is 3.81. The lowest BCUT2D eigenvalue weighted by atomic mass is 9.99. The normalized spacial score (nSPS) is 21.9. The Morgan fingerprint density at radius 2 is 0.929 bits per heavy atom. The van der Waals surface area contributed by atoms with E-state index in [9.17, 15) is 16.8 Å². The van der Waals surface area contributed by atoms with Gasteiger partial charge in [-0.2, -0.15) is 0 Å². The minimum absolute atomic E-state index is 0.264. The van der Waals surface area contributed by atoms with Gasteiger partial charge in [0.15, 0.2) is 0 Å². The minimum Gasteiger partial charge on any atom is -0.219 e. The standard InChI is InChI=1S/C22H22O4S2/c1-15-3-7-17(8-4-15)27(23,24)21-13-11-20-19(21)12-14-22(20)28(25,26)18-9-5-16(2)6-10-18/h3-10,13-14,19-20H,11-12H2,1-2H3. The van der Waals surface area contributed by atoms with Gasteiger partial charge in [0.2, 0.25) is 19.7 Å². The molecule has 0 spiro atoms. The average molecular weight is 415 g/mol. The van der Waals surface area contributed by atoms with Crippen LogP contribution in [0.25, 0.3) is 0 Å². The van der Waals surface area contributed by atoms with E-state index < -0.39 is 19.7 Å². The van der Waals surface area contributed by atoms with Gasteiger partial charge in [-0.15, -0.1) is 0 Å². The maximum Gasteiger partial charge on any atom is 0.202 e. The quantitative estimate of drug-likeness (QED) is 0.745. The van der Waals surface area contributed by atoms with Crippen LogP contribution < -0.4 is 0 Å².